The van der Waals surface area contributed by atoms with E-state index in [1.54, 1.807) is 0 Å². The maximum atomic E-state index is 8.73. The Hall–Kier alpha value is -0.160. The van der Waals surface area contributed by atoms with Crippen molar-refractivity contribution in [2.75, 3.05) is 26.2 Å². The molecule has 4 heteroatoms. The molecule has 4 nitrogen and oxygen atoms in total. The number of hydroxylamine groups is 1. The van der Waals surface area contributed by atoms with Gasteiger partial charge in [-0.25, -0.2) is 15.5 Å². The van der Waals surface area contributed by atoms with Crippen LogP contribution in [0, 0.1) is 0 Å². The fraction of sp³-hybridized carbons (Fsp3) is 1.00. The van der Waals surface area contributed by atoms with Crippen LogP contribution in [0.25, 0.3) is 0 Å². The van der Waals surface area contributed by atoms with Crippen molar-refractivity contribution in [3.05, 3.63) is 0 Å². The third-order valence-electron chi connectivity index (χ3n) is 2.83. The summed E-state index contributed by atoms with van der Waals surface area (Å²) >= 11 is 0. The molecule has 1 atom stereocenters. The van der Waals surface area contributed by atoms with Crippen LogP contribution in [0.4, 0.5) is 0 Å². The van der Waals surface area contributed by atoms with Gasteiger partial charge in [0.15, 0.2) is 0 Å². The Morgan fingerprint density at radius 3 is 2.42 bits per heavy atom. The topological polar surface area (TPSA) is 38.7 Å². The van der Waals surface area contributed by atoms with Crippen molar-refractivity contribution in [3.8, 4) is 0 Å². The largest absolute Gasteiger partial charge is 0.316 e. The summed E-state index contributed by atoms with van der Waals surface area (Å²) in [5, 5.41) is 13.5. The zero-order valence-electron chi connectivity index (χ0n) is 7.37. The van der Waals surface area contributed by atoms with Crippen LogP contribution in [0.5, 0.6) is 0 Å². The molecular weight excluding hydrogens is 154 g/mol. The van der Waals surface area contributed by atoms with Gasteiger partial charge in [0.2, 0.25) is 0 Å². The van der Waals surface area contributed by atoms with Crippen LogP contribution < -0.4 is 5.48 Å². The Kier molecular flexibility index (Phi) is 2.60. The Morgan fingerprint density at radius 1 is 1.08 bits per heavy atom. The van der Waals surface area contributed by atoms with Crippen molar-refractivity contribution >= 4 is 0 Å². The average molecular weight is 171 g/mol. The first-order chi connectivity index (χ1) is 5.90. The van der Waals surface area contributed by atoms with Crippen LogP contribution in [0.2, 0.25) is 0 Å². The van der Waals surface area contributed by atoms with Crippen molar-refractivity contribution < 1.29 is 5.21 Å². The number of hydrogen-bond donors (Lipinski definition) is 2. The molecule has 70 valence electrons. The molecule has 2 saturated heterocycles. The van der Waals surface area contributed by atoms with Gasteiger partial charge in [0.05, 0.1) is 0 Å². The normalized spacial score (nSPS) is 33.2. The maximum Gasteiger partial charge on any atom is 0.0473 e. The molecule has 0 bridgehead atoms. The second-order valence-electron chi connectivity index (χ2n) is 3.69. The van der Waals surface area contributed by atoms with E-state index < -0.39 is 0 Å². The van der Waals surface area contributed by atoms with E-state index in [4.69, 9.17) is 5.21 Å². The molecule has 2 N–H and O–H groups in total. The van der Waals surface area contributed by atoms with Crippen molar-refractivity contribution in [2.45, 2.75) is 25.3 Å². The quantitative estimate of drug-likeness (QED) is 0.576. The third-order valence-corrected chi connectivity index (χ3v) is 2.83. The van der Waals surface area contributed by atoms with Crippen molar-refractivity contribution in [1.82, 2.24) is 15.5 Å². The predicted octanol–water partition coefficient (Wildman–Crippen LogP) is 0.0503. The van der Waals surface area contributed by atoms with Crippen molar-refractivity contribution in [1.29, 1.82) is 0 Å². The SMILES string of the molecule is ONC1CCN(N2CCCC2)C1. The van der Waals surface area contributed by atoms with E-state index in [2.05, 4.69) is 15.5 Å². The zero-order valence-corrected chi connectivity index (χ0v) is 7.37. The van der Waals surface area contributed by atoms with Crippen LogP contribution >= 0.6 is 0 Å². The molecule has 0 aliphatic carbocycles. The molecule has 0 saturated carbocycles. The van der Waals surface area contributed by atoms with Gasteiger partial charge < -0.3 is 5.21 Å². The van der Waals surface area contributed by atoms with Crippen LogP contribution in [0.1, 0.15) is 19.3 Å². The van der Waals surface area contributed by atoms with Gasteiger partial charge in [-0.15, -0.1) is 0 Å². The molecule has 2 fully saturated rings. The Morgan fingerprint density at radius 2 is 1.83 bits per heavy atom. The van der Waals surface area contributed by atoms with Crippen LogP contribution in [-0.4, -0.2) is 47.4 Å². The van der Waals surface area contributed by atoms with Gasteiger partial charge in [-0.2, -0.15) is 0 Å². The number of hydrazine groups is 1. The van der Waals surface area contributed by atoms with E-state index in [1.807, 2.05) is 0 Å². The van der Waals surface area contributed by atoms with Gasteiger partial charge in [-0.3, -0.25) is 0 Å². The summed E-state index contributed by atoms with van der Waals surface area (Å²) in [5.74, 6) is 0. The third kappa shape index (κ3) is 1.61. The Bertz CT molecular complexity index is 147. The molecule has 12 heavy (non-hydrogen) atoms. The molecule has 2 heterocycles. The number of nitrogens with one attached hydrogen (secondary N) is 1. The second-order valence-corrected chi connectivity index (χ2v) is 3.69. The summed E-state index contributed by atoms with van der Waals surface area (Å²) in [6, 6.07) is 0.283. The van der Waals surface area contributed by atoms with Gasteiger partial charge in [0, 0.05) is 32.2 Å². The molecular formula is C8H17N3O. The molecule has 2 aliphatic heterocycles. The van der Waals surface area contributed by atoms with Gasteiger partial charge in [0.25, 0.3) is 0 Å². The summed E-state index contributed by atoms with van der Waals surface area (Å²) in [6.45, 7) is 4.48. The summed E-state index contributed by atoms with van der Waals surface area (Å²) in [7, 11) is 0. The summed E-state index contributed by atoms with van der Waals surface area (Å²) in [4.78, 5) is 0. The highest BCUT2D eigenvalue weighted by atomic mass is 16.5. The monoisotopic (exact) mass is 171 g/mol. The molecule has 0 aromatic rings. The second kappa shape index (κ2) is 3.70. The van der Waals surface area contributed by atoms with Gasteiger partial charge in [-0.1, -0.05) is 0 Å². The van der Waals surface area contributed by atoms with Crippen molar-refractivity contribution in [2.24, 2.45) is 0 Å². The van der Waals surface area contributed by atoms with E-state index in [0.29, 0.717) is 0 Å². The highest BCUT2D eigenvalue weighted by Gasteiger charge is 2.27. The molecule has 2 aliphatic rings. The van der Waals surface area contributed by atoms with E-state index in [0.717, 1.165) is 19.5 Å². The van der Waals surface area contributed by atoms with Gasteiger partial charge >= 0.3 is 0 Å². The smallest absolute Gasteiger partial charge is 0.0473 e. The zero-order chi connectivity index (χ0) is 8.39. The summed E-state index contributed by atoms with van der Waals surface area (Å²) in [5.41, 5.74) is 2.35. The fourth-order valence-corrected chi connectivity index (χ4v) is 2.09. The lowest BCUT2D eigenvalue weighted by molar-refractivity contribution is 0.0132. The standard InChI is InChI=1S/C8H17N3O/c12-9-8-3-6-11(7-8)10-4-1-2-5-10/h8-9,12H,1-7H2. The number of hydrogen-bond acceptors (Lipinski definition) is 4. The molecule has 0 amide bonds. The highest BCUT2D eigenvalue weighted by Crippen LogP contribution is 2.16. The van der Waals surface area contributed by atoms with Gasteiger partial charge in [-0.05, 0) is 19.3 Å². The molecule has 0 radical (unpaired) electrons. The first kappa shape index (κ1) is 8.44. The first-order valence-corrected chi connectivity index (χ1v) is 4.79. The summed E-state index contributed by atoms with van der Waals surface area (Å²) < 4.78 is 0. The van der Waals surface area contributed by atoms with E-state index in [9.17, 15) is 0 Å². The van der Waals surface area contributed by atoms with Gasteiger partial charge in [0.1, 0.15) is 0 Å². The summed E-state index contributed by atoms with van der Waals surface area (Å²) in [6.07, 6.45) is 3.72. The van der Waals surface area contributed by atoms with Crippen LogP contribution in [-0.2, 0) is 0 Å². The molecule has 2 rings (SSSR count). The highest BCUT2D eigenvalue weighted by molar-refractivity contribution is 4.78. The molecule has 0 spiro atoms. The van der Waals surface area contributed by atoms with E-state index >= 15 is 0 Å². The Labute approximate surface area is 73.1 Å². The lowest BCUT2D eigenvalue weighted by Gasteiger charge is -2.26. The minimum atomic E-state index is 0.283. The van der Waals surface area contributed by atoms with E-state index in [-0.39, 0.29) is 6.04 Å². The van der Waals surface area contributed by atoms with Crippen molar-refractivity contribution in [3.63, 3.8) is 0 Å². The first-order valence-electron chi connectivity index (χ1n) is 4.79. The fourth-order valence-electron chi connectivity index (χ4n) is 2.09. The predicted molar refractivity (Wildman–Crippen MR) is 45.7 cm³/mol. The van der Waals surface area contributed by atoms with Crippen LogP contribution in [0.3, 0.4) is 0 Å². The average Bonchev–Trinajstić information content (AvgIpc) is 2.75. The maximum absolute atomic E-state index is 8.73. The molecule has 0 aromatic heterocycles. The molecule has 1 unspecified atom stereocenters. The lowest BCUT2D eigenvalue weighted by atomic mass is 10.3. The van der Waals surface area contributed by atoms with Crippen LogP contribution in [0.15, 0.2) is 0 Å². The van der Waals surface area contributed by atoms with E-state index in [1.165, 1.54) is 25.9 Å². The number of rotatable bonds is 2. The molecule has 0 aromatic carbocycles. The Balaban J connectivity index is 1.81. The number of nitrogens with zero attached hydrogens (tertiary/aromatic N) is 2. The lowest BCUT2D eigenvalue weighted by Crippen LogP contribution is -2.40. The minimum absolute atomic E-state index is 0.283. The minimum Gasteiger partial charge on any atom is -0.316 e.